The topological polar surface area (TPSA) is 35.2 Å². The summed E-state index contributed by atoms with van der Waals surface area (Å²) < 4.78 is 5.73. The van der Waals surface area contributed by atoms with Crippen molar-refractivity contribution in [1.29, 1.82) is 0 Å². The number of hydrogen-bond donors (Lipinski definition) is 1. The molecule has 0 spiro atoms. The van der Waals surface area contributed by atoms with Crippen molar-refractivity contribution in [2.75, 3.05) is 6.61 Å². The van der Waals surface area contributed by atoms with Crippen LogP contribution in [-0.2, 0) is 4.74 Å². The van der Waals surface area contributed by atoms with Gasteiger partial charge in [-0.2, -0.15) is 0 Å². The van der Waals surface area contributed by atoms with Gasteiger partial charge in [-0.05, 0) is 50.4 Å². The molecule has 1 rings (SSSR count). The molecule has 0 aromatic heterocycles. The van der Waals surface area contributed by atoms with Crippen LogP contribution >= 0.6 is 0 Å². The quantitative estimate of drug-likeness (QED) is 0.766. The largest absolute Gasteiger partial charge is 0.378 e. The molecule has 2 heteroatoms. The molecule has 1 saturated heterocycles. The van der Waals surface area contributed by atoms with Crippen molar-refractivity contribution in [2.45, 2.75) is 84.3 Å². The van der Waals surface area contributed by atoms with Crippen molar-refractivity contribution in [3.05, 3.63) is 0 Å². The summed E-state index contributed by atoms with van der Waals surface area (Å²) in [7, 11) is 0. The molecular weight excluding hydrogens is 210 g/mol. The third kappa shape index (κ3) is 7.77. The van der Waals surface area contributed by atoms with E-state index in [2.05, 4.69) is 20.8 Å². The van der Waals surface area contributed by atoms with Crippen LogP contribution in [0.3, 0.4) is 0 Å². The number of nitrogens with two attached hydrogens (primary N) is 1. The Morgan fingerprint density at radius 2 is 2.00 bits per heavy atom. The number of rotatable bonds is 6. The first-order valence-corrected chi connectivity index (χ1v) is 7.34. The SMILES string of the molecule is CC(C)(C)CCCC(N)CCC1CCCCO1. The van der Waals surface area contributed by atoms with E-state index in [0.29, 0.717) is 17.6 Å². The van der Waals surface area contributed by atoms with Gasteiger partial charge in [-0.1, -0.05) is 27.2 Å². The van der Waals surface area contributed by atoms with E-state index in [1.807, 2.05) is 0 Å². The lowest BCUT2D eigenvalue weighted by molar-refractivity contribution is 0.00898. The van der Waals surface area contributed by atoms with Crippen molar-refractivity contribution in [3.8, 4) is 0 Å². The normalized spacial score (nSPS) is 23.6. The molecule has 0 radical (unpaired) electrons. The fourth-order valence-electron chi connectivity index (χ4n) is 2.47. The van der Waals surface area contributed by atoms with Crippen LogP contribution in [0.4, 0.5) is 0 Å². The molecule has 2 N–H and O–H groups in total. The first-order valence-electron chi connectivity index (χ1n) is 7.34. The smallest absolute Gasteiger partial charge is 0.0575 e. The second-order valence-corrected chi connectivity index (χ2v) is 6.78. The van der Waals surface area contributed by atoms with E-state index in [0.717, 1.165) is 19.4 Å². The van der Waals surface area contributed by atoms with Gasteiger partial charge in [0.2, 0.25) is 0 Å². The van der Waals surface area contributed by atoms with Gasteiger partial charge in [-0.25, -0.2) is 0 Å². The highest BCUT2D eigenvalue weighted by Gasteiger charge is 2.16. The first-order chi connectivity index (χ1) is 7.97. The van der Waals surface area contributed by atoms with Crippen LogP contribution in [0.5, 0.6) is 0 Å². The lowest BCUT2D eigenvalue weighted by atomic mass is 9.88. The highest BCUT2D eigenvalue weighted by molar-refractivity contribution is 4.70. The van der Waals surface area contributed by atoms with E-state index < -0.39 is 0 Å². The molecule has 0 aromatic rings. The second-order valence-electron chi connectivity index (χ2n) is 6.78. The van der Waals surface area contributed by atoms with Crippen LogP contribution in [0, 0.1) is 5.41 Å². The van der Waals surface area contributed by atoms with Gasteiger partial charge in [0, 0.05) is 12.6 Å². The minimum atomic E-state index is 0.378. The van der Waals surface area contributed by atoms with Crippen LogP contribution in [0.1, 0.15) is 72.1 Å². The van der Waals surface area contributed by atoms with Crippen LogP contribution in [-0.4, -0.2) is 18.8 Å². The predicted octanol–water partition coefficient (Wildman–Crippen LogP) is 3.88. The van der Waals surface area contributed by atoms with E-state index in [9.17, 15) is 0 Å². The summed E-state index contributed by atoms with van der Waals surface area (Å²) in [6, 6.07) is 0.378. The minimum Gasteiger partial charge on any atom is -0.378 e. The summed E-state index contributed by atoms with van der Waals surface area (Å²) in [6.45, 7) is 7.86. The van der Waals surface area contributed by atoms with E-state index in [1.54, 1.807) is 0 Å². The van der Waals surface area contributed by atoms with Gasteiger partial charge >= 0.3 is 0 Å². The number of hydrogen-bond acceptors (Lipinski definition) is 2. The average Bonchev–Trinajstić information content (AvgIpc) is 2.26. The Morgan fingerprint density at radius 1 is 1.24 bits per heavy atom. The zero-order valence-corrected chi connectivity index (χ0v) is 12.0. The lowest BCUT2D eigenvalue weighted by Crippen LogP contribution is -2.25. The Labute approximate surface area is 107 Å². The summed E-state index contributed by atoms with van der Waals surface area (Å²) in [5, 5.41) is 0. The van der Waals surface area contributed by atoms with Gasteiger partial charge in [0.25, 0.3) is 0 Å². The molecule has 0 aromatic carbocycles. The Kier molecular flexibility index (Phi) is 6.50. The van der Waals surface area contributed by atoms with Crippen molar-refractivity contribution < 1.29 is 4.74 Å². The summed E-state index contributed by atoms with van der Waals surface area (Å²) in [5.74, 6) is 0. The van der Waals surface area contributed by atoms with E-state index >= 15 is 0 Å². The molecule has 1 aliphatic heterocycles. The molecule has 102 valence electrons. The third-order valence-corrected chi connectivity index (χ3v) is 3.64. The fraction of sp³-hybridized carbons (Fsp3) is 1.00. The Hall–Kier alpha value is -0.0800. The first kappa shape index (κ1) is 15.0. The summed E-state index contributed by atoms with van der Waals surface area (Å²) in [4.78, 5) is 0. The molecule has 2 nitrogen and oxygen atoms in total. The van der Waals surface area contributed by atoms with Crippen LogP contribution in [0.15, 0.2) is 0 Å². The minimum absolute atomic E-state index is 0.378. The third-order valence-electron chi connectivity index (χ3n) is 3.64. The zero-order valence-electron chi connectivity index (χ0n) is 12.0. The molecule has 0 aliphatic carbocycles. The summed E-state index contributed by atoms with van der Waals surface area (Å²) >= 11 is 0. The van der Waals surface area contributed by atoms with Crippen LogP contribution < -0.4 is 5.73 Å². The summed E-state index contributed by atoms with van der Waals surface area (Å²) in [6.07, 6.45) is 10.3. The molecule has 2 atom stereocenters. The Morgan fingerprint density at radius 3 is 2.59 bits per heavy atom. The van der Waals surface area contributed by atoms with Crippen molar-refractivity contribution in [2.24, 2.45) is 11.1 Å². The standard InChI is InChI=1S/C15H31NO/c1-15(2,3)11-6-7-13(16)9-10-14-8-4-5-12-17-14/h13-14H,4-12,16H2,1-3H3. The monoisotopic (exact) mass is 241 g/mol. The van der Waals surface area contributed by atoms with Crippen molar-refractivity contribution in [1.82, 2.24) is 0 Å². The van der Waals surface area contributed by atoms with Crippen molar-refractivity contribution in [3.63, 3.8) is 0 Å². The second kappa shape index (κ2) is 7.38. The van der Waals surface area contributed by atoms with Gasteiger partial charge < -0.3 is 10.5 Å². The van der Waals surface area contributed by atoms with Crippen molar-refractivity contribution >= 4 is 0 Å². The van der Waals surface area contributed by atoms with Crippen LogP contribution in [0.25, 0.3) is 0 Å². The maximum absolute atomic E-state index is 6.16. The molecule has 0 saturated carbocycles. The maximum Gasteiger partial charge on any atom is 0.0575 e. The molecule has 2 unspecified atom stereocenters. The predicted molar refractivity (Wildman–Crippen MR) is 74.1 cm³/mol. The molecule has 0 amide bonds. The highest BCUT2D eigenvalue weighted by atomic mass is 16.5. The fourth-order valence-corrected chi connectivity index (χ4v) is 2.47. The van der Waals surface area contributed by atoms with Gasteiger partial charge in [0.1, 0.15) is 0 Å². The molecule has 0 bridgehead atoms. The van der Waals surface area contributed by atoms with E-state index in [-0.39, 0.29) is 0 Å². The lowest BCUT2D eigenvalue weighted by Gasteiger charge is -2.24. The average molecular weight is 241 g/mol. The Bertz CT molecular complexity index is 192. The highest BCUT2D eigenvalue weighted by Crippen LogP contribution is 2.23. The molecule has 1 fully saturated rings. The van der Waals surface area contributed by atoms with Gasteiger partial charge in [0.05, 0.1) is 6.10 Å². The maximum atomic E-state index is 6.16. The van der Waals surface area contributed by atoms with E-state index in [1.165, 1.54) is 38.5 Å². The summed E-state index contributed by atoms with van der Waals surface area (Å²) in [5.41, 5.74) is 6.62. The van der Waals surface area contributed by atoms with Gasteiger partial charge in [0.15, 0.2) is 0 Å². The van der Waals surface area contributed by atoms with Gasteiger partial charge in [-0.15, -0.1) is 0 Å². The zero-order chi connectivity index (χ0) is 12.7. The van der Waals surface area contributed by atoms with Gasteiger partial charge in [-0.3, -0.25) is 0 Å². The molecule has 1 aliphatic rings. The molecule has 1 heterocycles. The number of ether oxygens (including phenoxy) is 1. The molecular formula is C15H31NO. The Balaban J connectivity index is 2.02. The molecule has 17 heavy (non-hydrogen) atoms. The van der Waals surface area contributed by atoms with Crippen LogP contribution in [0.2, 0.25) is 0 Å². The van der Waals surface area contributed by atoms with E-state index in [4.69, 9.17) is 10.5 Å².